The van der Waals surface area contributed by atoms with Gasteiger partial charge in [-0.25, -0.2) is 0 Å². The maximum Gasteiger partial charge on any atom is 0.176 e. The normalized spacial score (nSPS) is 30.5. The molecule has 2 aliphatic heterocycles. The van der Waals surface area contributed by atoms with E-state index in [-0.39, 0.29) is 0 Å². The Morgan fingerprint density at radius 2 is 0.900 bits per heavy atom. The van der Waals surface area contributed by atoms with E-state index in [1.165, 1.54) is 0 Å². The smallest absolute Gasteiger partial charge is 0.176 e. The van der Waals surface area contributed by atoms with Crippen molar-refractivity contribution in [1.82, 2.24) is 0 Å². The van der Waals surface area contributed by atoms with E-state index in [1.54, 1.807) is 0 Å². The number of epoxide rings is 2. The zero-order valence-electron chi connectivity index (χ0n) is 18.5. The Morgan fingerprint density at radius 3 is 1.13 bits per heavy atom. The maximum absolute atomic E-state index is 13.5. The molecule has 2 aromatic carbocycles. The molecule has 2 aromatic rings. The minimum Gasteiger partial charge on any atom is -0.348 e. The van der Waals surface area contributed by atoms with Crippen LogP contribution in [0.2, 0.25) is 0 Å². The first kappa shape index (κ1) is 21.9. The number of aryl methyl sites for hydroxylation is 2. The van der Waals surface area contributed by atoms with Crippen molar-refractivity contribution >= 4 is 21.6 Å². The van der Waals surface area contributed by atoms with Crippen LogP contribution in [0.5, 0.6) is 0 Å². The SMILES string of the molecule is Cc1ccc(S(=O)[C@@]2(CC[C@]3(S(=O)c4ccc(C)cc4)OC3(C)C)OC2(C)C)cc1. The summed E-state index contributed by atoms with van der Waals surface area (Å²) >= 11 is 0. The molecular weight excluding hydrogens is 416 g/mol. The van der Waals surface area contributed by atoms with Crippen LogP contribution in [0.3, 0.4) is 0 Å². The van der Waals surface area contributed by atoms with E-state index in [2.05, 4.69) is 0 Å². The van der Waals surface area contributed by atoms with Crippen molar-refractivity contribution in [2.45, 2.75) is 85.2 Å². The van der Waals surface area contributed by atoms with E-state index in [0.717, 1.165) is 20.9 Å². The van der Waals surface area contributed by atoms with Crippen LogP contribution in [0.25, 0.3) is 0 Å². The number of ether oxygens (including phenoxy) is 2. The minimum absolute atomic E-state index is 0.506. The Morgan fingerprint density at radius 1 is 0.633 bits per heavy atom. The van der Waals surface area contributed by atoms with Gasteiger partial charge in [0.05, 0.1) is 21.6 Å². The Kier molecular flexibility index (Phi) is 5.17. The first-order chi connectivity index (χ1) is 13.9. The molecule has 0 bridgehead atoms. The molecule has 0 amide bonds. The van der Waals surface area contributed by atoms with Crippen molar-refractivity contribution in [2.75, 3.05) is 0 Å². The molecule has 6 heteroatoms. The quantitative estimate of drug-likeness (QED) is 0.561. The second-order valence-corrected chi connectivity index (χ2v) is 12.7. The molecule has 0 aliphatic carbocycles. The van der Waals surface area contributed by atoms with Crippen LogP contribution in [0, 0.1) is 13.8 Å². The molecule has 30 heavy (non-hydrogen) atoms. The van der Waals surface area contributed by atoms with Gasteiger partial charge in [-0.05, 0) is 78.6 Å². The van der Waals surface area contributed by atoms with Crippen molar-refractivity contribution < 1.29 is 17.9 Å². The summed E-state index contributed by atoms with van der Waals surface area (Å²) in [6.07, 6.45) is 1.03. The lowest BCUT2D eigenvalue weighted by molar-refractivity contribution is 0.283. The molecule has 4 rings (SSSR count). The summed E-state index contributed by atoms with van der Waals surface area (Å²) in [6, 6.07) is 15.5. The van der Waals surface area contributed by atoms with Gasteiger partial charge in [-0.3, -0.25) is 8.42 Å². The Labute approximate surface area is 184 Å². The van der Waals surface area contributed by atoms with Gasteiger partial charge in [0.25, 0.3) is 0 Å². The van der Waals surface area contributed by atoms with E-state index in [0.29, 0.717) is 12.8 Å². The predicted molar refractivity (Wildman–Crippen MR) is 120 cm³/mol. The van der Waals surface area contributed by atoms with E-state index >= 15 is 0 Å². The first-order valence-electron chi connectivity index (χ1n) is 10.3. The lowest BCUT2D eigenvalue weighted by atomic mass is 10.00. The van der Waals surface area contributed by atoms with Crippen molar-refractivity contribution in [1.29, 1.82) is 0 Å². The molecule has 0 N–H and O–H groups in total. The summed E-state index contributed by atoms with van der Waals surface area (Å²) in [4.78, 5) is -0.0736. The standard InChI is InChI=1S/C24H30O4S2/c1-17-7-11-19(12-8-17)29(25)23(21(3,4)27-23)15-16-24(22(5,6)28-24)30(26)20-13-9-18(2)10-14-20/h7-14H,15-16H2,1-6H3/t23-,24-,29?,30?/m1/s1. The lowest BCUT2D eigenvalue weighted by Crippen LogP contribution is -2.33. The van der Waals surface area contributed by atoms with Gasteiger partial charge in [-0.2, -0.15) is 0 Å². The van der Waals surface area contributed by atoms with Gasteiger partial charge in [-0.15, -0.1) is 0 Å². The van der Waals surface area contributed by atoms with E-state index in [1.807, 2.05) is 90.1 Å². The third-order valence-corrected chi connectivity index (χ3v) is 10.6. The minimum atomic E-state index is -1.33. The topological polar surface area (TPSA) is 59.2 Å². The number of rotatable bonds is 7. The molecule has 2 fully saturated rings. The largest absolute Gasteiger partial charge is 0.348 e. The lowest BCUT2D eigenvalue weighted by Gasteiger charge is -2.20. The molecule has 2 unspecified atom stereocenters. The highest BCUT2D eigenvalue weighted by Gasteiger charge is 2.73. The number of benzene rings is 2. The fourth-order valence-corrected chi connectivity index (χ4v) is 7.78. The summed E-state index contributed by atoms with van der Waals surface area (Å²) in [6.45, 7) is 11.9. The van der Waals surface area contributed by atoms with E-state index in [9.17, 15) is 8.42 Å². The van der Waals surface area contributed by atoms with E-state index in [4.69, 9.17) is 9.47 Å². The molecule has 4 atom stereocenters. The zero-order chi connectivity index (χ0) is 21.9. The monoisotopic (exact) mass is 446 g/mol. The molecule has 2 aliphatic rings. The molecule has 0 radical (unpaired) electrons. The average molecular weight is 447 g/mol. The fraction of sp³-hybridized carbons (Fsp3) is 0.500. The highest BCUT2D eigenvalue weighted by atomic mass is 32.2. The number of hydrogen-bond acceptors (Lipinski definition) is 4. The van der Waals surface area contributed by atoms with Crippen molar-refractivity contribution in [3.63, 3.8) is 0 Å². The number of hydrogen-bond donors (Lipinski definition) is 0. The van der Waals surface area contributed by atoms with Crippen molar-refractivity contribution in [3.05, 3.63) is 59.7 Å². The highest BCUT2D eigenvalue weighted by molar-refractivity contribution is 7.87. The summed E-state index contributed by atoms with van der Waals surface area (Å²) < 4.78 is 39.2. The third-order valence-electron chi connectivity index (χ3n) is 6.44. The third kappa shape index (κ3) is 3.42. The maximum atomic E-state index is 13.5. The van der Waals surface area contributed by atoms with Crippen LogP contribution in [-0.4, -0.2) is 29.5 Å². The molecule has 0 spiro atoms. The summed E-state index contributed by atoms with van der Waals surface area (Å²) in [5.74, 6) is 0. The summed E-state index contributed by atoms with van der Waals surface area (Å²) in [5.41, 5.74) is 1.24. The van der Waals surface area contributed by atoms with Gasteiger partial charge in [0, 0.05) is 9.79 Å². The molecule has 2 heterocycles. The van der Waals surface area contributed by atoms with Crippen LogP contribution in [0.1, 0.15) is 51.7 Å². The predicted octanol–water partition coefficient (Wildman–Crippen LogP) is 5.01. The van der Waals surface area contributed by atoms with Gasteiger partial charge in [0.15, 0.2) is 9.87 Å². The van der Waals surface area contributed by atoms with Gasteiger partial charge >= 0.3 is 0 Å². The van der Waals surface area contributed by atoms with Crippen LogP contribution in [-0.2, 0) is 31.1 Å². The molecule has 0 saturated carbocycles. The van der Waals surface area contributed by atoms with E-state index < -0.39 is 42.7 Å². The fourth-order valence-electron chi connectivity index (χ4n) is 4.22. The second kappa shape index (κ2) is 7.09. The van der Waals surface area contributed by atoms with Gasteiger partial charge in [0.1, 0.15) is 11.2 Å². The molecule has 162 valence electrons. The summed E-state index contributed by atoms with van der Waals surface area (Å²) in [5, 5.41) is 0. The van der Waals surface area contributed by atoms with Crippen molar-refractivity contribution in [2.24, 2.45) is 0 Å². The van der Waals surface area contributed by atoms with Crippen LogP contribution in [0.4, 0.5) is 0 Å². The Bertz CT molecular complexity index is 927. The van der Waals surface area contributed by atoms with Crippen LogP contribution >= 0.6 is 0 Å². The second-order valence-electron chi connectivity index (χ2n) is 9.39. The molecule has 0 aromatic heterocycles. The van der Waals surface area contributed by atoms with Crippen molar-refractivity contribution in [3.8, 4) is 0 Å². The summed E-state index contributed by atoms with van der Waals surface area (Å²) in [7, 11) is -2.66. The van der Waals surface area contributed by atoms with Gasteiger partial charge < -0.3 is 9.47 Å². The molecule has 2 saturated heterocycles. The van der Waals surface area contributed by atoms with Crippen LogP contribution in [0.15, 0.2) is 58.3 Å². The zero-order valence-corrected chi connectivity index (χ0v) is 20.1. The van der Waals surface area contributed by atoms with Crippen LogP contribution < -0.4 is 0 Å². The average Bonchev–Trinajstić information content (AvgIpc) is 3.48. The Hall–Kier alpha value is -1.34. The molecule has 4 nitrogen and oxygen atoms in total. The van der Waals surface area contributed by atoms with Gasteiger partial charge in [-0.1, -0.05) is 35.4 Å². The van der Waals surface area contributed by atoms with Gasteiger partial charge in [0.2, 0.25) is 0 Å². The molecular formula is C24H30O4S2. The highest BCUT2D eigenvalue weighted by Crippen LogP contribution is 2.60. The Balaban J connectivity index is 1.59. The first-order valence-corrected chi connectivity index (χ1v) is 12.6.